The maximum Gasteiger partial charge on any atom is 0.265 e. The normalized spacial score (nSPS) is 22.3. The van der Waals surface area contributed by atoms with Gasteiger partial charge in [0.2, 0.25) is 5.91 Å². The van der Waals surface area contributed by atoms with Crippen LogP contribution in [0.3, 0.4) is 0 Å². The first-order valence-corrected chi connectivity index (χ1v) is 9.36. The number of ether oxygens (including phenoxy) is 2. The lowest BCUT2D eigenvalue weighted by Crippen LogP contribution is -2.48. The lowest BCUT2D eigenvalue weighted by molar-refractivity contribution is -0.143. The Morgan fingerprint density at radius 2 is 1.89 bits per heavy atom. The van der Waals surface area contributed by atoms with Crippen LogP contribution in [-0.4, -0.2) is 60.9 Å². The quantitative estimate of drug-likeness (QED) is 0.737. The molecule has 2 aliphatic heterocycles. The molecule has 1 aromatic rings. The fourth-order valence-corrected chi connectivity index (χ4v) is 3.59. The van der Waals surface area contributed by atoms with Crippen LogP contribution in [0.1, 0.15) is 44.0 Å². The van der Waals surface area contributed by atoms with Crippen LogP contribution < -0.4 is 9.64 Å². The van der Waals surface area contributed by atoms with Crippen LogP contribution >= 0.6 is 0 Å². The van der Waals surface area contributed by atoms with E-state index in [9.17, 15) is 14.4 Å². The fourth-order valence-electron chi connectivity index (χ4n) is 3.59. The first-order chi connectivity index (χ1) is 12.8. The summed E-state index contributed by atoms with van der Waals surface area (Å²) >= 11 is 0. The molecule has 27 heavy (non-hydrogen) atoms. The van der Waals surface area contributed by atoms with Gasteiger partial charge in [0.25, 0.3) is 5.91 Å². The van der Waals surface area contributed by atoms with Gasteiger partial charge in [-0.05, 0) is 45.4 Å². The van der Waals surface area contributed by atoms with E-state index in [1.807, 2.05) is 18.7 Å². The highest BCUT2D eigenvalue weighted by molar-refractivity contribution is 6.01. The first-order valence-electron chi connectivity index (χ1n) is 9.36. The largest absolute Gasteiger partial charge is 0.482 e. The number of morpholine rings is 1. The van der Waals surface area contributed by atoms with E-state index in [0.29, 0.717) is 49.5 Å². The monoisotopic (exact) mass is 374 g/mol. The van der Waals surface area contributed by atoms with E-state index in [1.54, 1.807) is 23.1 Å². The molecule has 0 N–H and O–H groups in total. The van der Waals surface area contributed by atoms with Crippen LogP contribution in [0.4, 0.5) is 5.69 Å². The molecule has 7 nitrogen and oxygen atoms in total. The Labute approximate surface area is 159 Å². The Balaban J connectivity index is 1.62. The fraction of sp³-hybridized carbons (Fsp3) is 0.550. The Kier molecular flexibility index (Phi) is 5.79. The van der Waals surface area contributed by atoms with Crippen LogP contribution in [0.2, 0.25) is 0 Å². The maximum absolute atomic E-state index is 12.5. The van der Waals surface area contributed by atoms with Gasteiger partial charge in [-0.1, -0.05) is 0 Å². The average Bonchev–Trinajstić information content (AvgIpc) is 2.62. The third kappa shape index (κ3) is 4.47. The average molecular weight is 374 g/mol. The van der Waals surface area contributed by atoms with Crippen molar-refractivity contribution in [2.45, 2.75) is 45.8 Å². The second kappa shape index (κ2) is 8.08. The van der Waals surface area contributed by atoms with Crippen molar-refractivity contribution in [3.8, 4) is 5.75 Å². The lowest BCUT2D eigenvalue weighted by Gasteiger charge is -2.35. The third-order valence-electron chi connectivity index (χ3n) is 4.85. The van der Waals surface area contributed by atoms with E-state index >= 15 is 0 Å². The topological polar surface area (TPSA) is 76.2 Å². The molecule has 1 fully saturated rings. The number of carbonyl (C=O) groups is 3. The van der Waals surface area contributed by atoms with Crippen LogP contribution in [0, 0.1) is 0 Å². The van der Waals surface area contributed by atoms with Crippen LogP contribution in [0.15, 0.2) is 18.2 Å². The van der Waals surface area contributed by atoms with Gasteiger partial charge in [-0.25, -0.2) is 0 Å². The number of amides is 2. The molecule has 0 saturated carbocycles. The number of fused-ring (bicyclic) bond motifs is 1. The summed E-state index contributed by atoms with van der Waals surface area (Å²) in [7, 11) is 0. The Hall–Kier alpha value is -2.41. The lowest BCUT2D eigenvalue weighted by atomic mass is 10.1. The number of anilines is 1. The van der Waals surface area contributed by atoms with Gasteiger partial charge in [0, 0.05) is 31.6 Å². The number of hydrogen-bond acceptors (Lipinski definition) is 5. The molecule has 2 amide bonds. The highest BCUT2D eigenvalue weighted by atomic mass is 16.5. The molecule has 0 unspecified atom stereocenters. The minimum absolute atomic E-state index is 0.0289. The van der Waals surface area contributed by atoms with E-state index in [2.05, 4.69) is 0 Å². The zero-order valence-corrected chi connectivity index (χ0v) is 16.1. The predicted molar refractivity (Wildman–Crippen MR) is 100 cm³/mol. The maximum atomic E-state index is 12.5. The molecule has 146 valence electrons. The molecular weight excluding hydrogens is 348 g/mol. The smallest absolute Gasteiger partial charge is 0.265 e. The standard InChI is InChI=1S/C20H26N2O5/c1-13-10-21(11-14(2)27-13)19(24)5-4-8-22-17-9-16(15(3)23)6-7-18(17)26-12-20(22)25/h6-7,9,13-14H,4-5,8,10-12H2,1-3H3/t13-,14-/m1/s1. The minimum Gasteiger partial charge on any atom is -0.482 e. The number of hydrogen-bond donors (Lipinski definition) is 0. The Morgan fingerprint density at radius 1 is 1.19 bits per heavy atom. The Bertz CT molecular complexity index is 738. The number of benzene rings is 1. The zero-order chi connectivity index (χ0) is 19.6. The summed E-state index contributed by atoms with van der Waals surface area (Å²) in [5, 5.41) is 0. The summed E-state index contributed by atoms with van der Waals surface area (Å²) < 4.78 is 11.1. The SMILES string of the molecule is CC(=O)c1ccc2c(c1)N(CCCC(=O)N1C[C@@H](C)O[C@H](C)C1)C(=O)CO2. The molecule has 1 aromatic carbocycles. The molecule has 0 bridgehead atoms. The highest BCUT2D eigenvalue weighted by Gasteiger charge is 2.28. The predicted octanol–water partition coefficient (Wildman–Crippen LogP) is 2.03. The second-order valence-corrected chi connectivity index (χ2v) is 7.23. The number of ketones is 1. The van der Waals surface area contributed by atoms with E-state index in [4.69, 9.17) is 9.47 Å². The van der Waals surface area contributed by atoms with E-state index in [-0.39, 0.29) is 36.4 Å². The number of nitrogens with zero attached hydrogens (tertiary/aromatic N) is 2. The molecule has 1 saturated heterocycles. The van der Waals surface area contributed by atoms with Gasteiger partial charge >= 0.3 is 0 Å². The van der Waals surface area contributed by atoms with Gasteiger partial charge in [-0.15, -0.1) is 0 Å². The minimum atomic E-state index is -0.163. The first kappa shape index (κ1) is 19.4. The second-order valence-electron chi connectivity index (χ2n) is 7.23. The van der Waals surface area contributed by atoms with Crippen molar-refractivity contribution < 1.29 is 23.9 Å². The molecule has 7 heteroatoms. The van der Waals surface area contributed by atoms with E-state index < -0.39 is 0 Å². The molecule has 2 atom stereocenters. The summed E-state index contributed by atoms with van der Waals surface area (Å²) in [4.78, 5) is 39.9. The van der Waals surface area contributed by atoms with Crippen molar-refractivity contribution in [2.24, 2.45) is 0 Å². The van der Waals surface area contributed by atoms with Crippen LogP contribution in [-0.2, 0) is 14.3 Å². The molecule has 0 spiro atoms. The summed E-state index contributed by atoms with van der Waals surface area (Å²) in [5.41, 5.74) is 1.13. The van der Waals surface area contributed by atoms with Crippen molar-refractivity contribution in [1.82, 2.24) is 4.90 Å². The van der Waals surface area contributed by atoms with Crippen molar-refractivity contribution in [1.29, 1.82) is 0 Å². The molecule has 3 rings (SSSR count). The molecule has 2 aliphatic rings. The van der Waals surface area contributed by atoms with Gasteiger partial charge in [0.1, 0.15) is 5.75 Å². The molecule has 0 aromatic heterocycles. The summed E-state index contributed by atoms with van der Waals surface area (Å²) in [6.07, 6.45) is 0.992. The van der Waals surface area contributed by atoms with E-state index in [1.165, 1.54) is 6.92 Å². The van der Waals surface area contributed by atoms with Crippen molar-refractivity contribution in [3.05, 3.63) is 23.8 Å². The number of Topliss-reactive ketones (excluding diaryl/α,β-unsaturated/α-hetero) is 1. The van der Waals surface area contributed by atoms with Gasteiger partial charge in [-0.3, -0.25) is 14.4 Å². The van der Waals surface area contributed by atoms with Gasteiger partial charge in [0.05, 0.1) is 17.9 Å². The summed E-state index contributed by atoms with van der Waals surface area (Å²) in [6.45, 7) is 7.00. The van der Waals surface area contributed by atoms with Crippen molar-refractivity contribution in [3.63, 3.8) is 0 Å². The highest BCUT2D eigenvalue weighted by Crippen LogP contribution is 2.33. The molecule has 2 heterocycles. The van der Waals surface area contributed by atoms with Gasteiger partial charge in [-0.2, -0.15) is 0 Å². The number of carbonyl (C=O) groups excluding carboxylic acids is 3. The van der Waals surface area contributed by atoms with Gasteiger partial charge in [0.15, 0.2) is 12.4 Å². The van der Waals surface area contributed by atoms with Crippen LogP contribution in [0.25, 0.3) is 0 Å². The molecular formula is C20H26N2O5. The number of rotatable bonds is 5. The summed E-state index contributed by atoms with van der Waals surface area (Å²) in [6, 6.07) is 5.09. The molecule has 0 radical (unpaired) electrons. The Morgan fingerprint density at radius 3 is 2.56 bits per heavy atom. The third-order valence-corrected chi connectivity index (χ3v) is 4.85. The van der Waals surface area contributed by atoms with E-state index in [0.717, 1.165) is 0 Å². The summed E-state index contributed by atoms with van der Waals surface area (Å²) in [5.74, 6) is 0.433. The zero-order valence-electron chi connectivity index (χ0n) is 16.1. The van der Waals surface area contributed by atoms with Gasteiger partial charge < -0.3 is 19.3 Å². The van der Waals surface area contributed by atoms with Crippen molar-refractivity contribution >= 4 is 23.3 Å². The van der Waals surface area contributed by atoms with Crippen molar-refractivity contribution in [2.75, 3.05) is 31.1 Å². The molecule has 0 aliphatic carbocycles. The van der Waals surface area contributed by atoms with Crippen LogP contribution in [0.5, 0.6) is 5.75 Å².